The number of carbonyl (C=O) groups is 1. The highest BCUT2D eigenvalue weighted by atomic mass is 35.5. The molecule has 25 heavy (non-hydrogen) atoms. The Morgan fingerprint density at radius 1 is 1.24 bits per heavy atom. The van der Waals surface area contributed by atoms with Gasteiger partial charge in [-0.1, -0.05) is 42.8 Å². The lowest BCUT2D eigenvalue weighted by atomic mass is 9.86. The highest BCUT2D eigenvalue weighted by Crippen LogP contribution is 2.32. The number of benzene rings is 2. The standard InChI is InChI=1S/C19H20ClFN2O2/c1-2-17(13-3-7-15(20)8-4-13)22-18(24)23-11-19(25,12-23)14-5-9-16(21)10-6-14/h3-10,17,25H,2,11-12H2,1H3,(H,22,24)/t17-/m0/s1. The maximum atomic E-state index is 13.0. The van der Waals surface area contributed by atoms with Crippen LogP contribution in [0, 0.1) is 5.82 Å². The van der Waals surface area contributed by atoms with E-state index in [9.17, 15) is 14.3 Å². The SMILES string of the molecule is CC[C@H](NC(=O)N1CC(O)(c2ccc(F)cc2)C1)c1ccc(Cl)cc1. The summed E-state index contributed by atoms with van der Waals surface area (Å²) in [6, 6.07) is 12.7. The molecule has 2 N–H and O–H groups in total. The summed E-state index contributed by atoms with van der Waals surface area (Å²) in [6.07, 6.45) is 0.740. The fraction of sp³-hybridized carbons (Fsp3) is 0.316. The van der Waals surface area contributed by atoms with Crippen LogP contribution < -0.4 is 5.32 Å². The number of aliphatic hydroxyl groups is 1. The Morgan fingerprint density at radius 3 is 2.40 bits per heavy atom. The van der Waals surface area contributed by atoms with Gasteiger partial charge in [0.25, 0.3) is 0 Å². The third-order valence-corrected chi connectivity index (χ3v) is 4.80. The van der Waals surface area contributed by atoms with Gasteiger partial charge in [-0.25, -0.2) is 9.18 Å². The zero-order chi connectivity index (χ0) is 18.0. The molecular weight excluding hydrogens is 343 g/mol. The molecule has 0 radical (unpaired) electrons. The minimum atomic E-state index is -1.12. The second-order valence-electron chi connectivity index (χ2n) is 6.36. The summed E-state index contributed by atoms with van der Waals surface area (Å²) in [5, 5.41) is 14.2. The van der Waals surface area contributed by atoms with Crippen LogP contribution in [0.4, 0.5) is 9.18 Å². The zero-order valence-corrected chi connectivity index (χ0v) is 14.6. The summed E-state index contributed by atoms with van der Waals surface area (Å²) in [6.45, 7) is 2.35. The fourth-order valence-electron chi connectivity index (χ4n) is 3.03. The van der Waals surface area contributed by atoms with Crippen LogP contribution in [0.3, 0.4) is 0 Å². The molecule has 0 bridgehead atoms. The predicted molar refractivity (Wildman–Crippen MR) is 94.9 cm³/mol. The molecule has 0 aliphatic carbocycles. The number of carbonyl (C=O) groups excluding carboxylic acids is 1. The highest BCUT2D eigenvalue weighted by molar-refractivity contribution is 6.30. The Balaban J connectivity index is 1.61. The molecule has 1 saturated heterocycles. The summed E-state index contributed by atoms with van der Waals surface area (Å²) in [7, 11) is 0. The number of urea groups is 1. The van der Waals surface area contributed by atoms with Crippen molar-refractivity contribution in [2.75, 3.05) is 13.1 Å². The number of rotatable bonds is 4. The van der Waals surface area contributed by atoms with E-state index in [0.29, 0.717) is 10.6 Å². The first-order chi connectivity index (χ1) is 11.9. The zero-order valence-electron chi connectivity index (χ0n) is 13.9. The monoisotopic (exact) mass is 362 g/mol. The van der Waals surface area contributed by atoms with E-state index < -0.39 is 5.60 Å². The lowest BCUT2D eigenvalue weighted by Crippen LogP contribution is -2.63. The van der Waals surface area contributed by atoms with Gasteiger partial charge in [0.2, 0.25) is 0 Å². The summed E-state index contributed by atoms with van der Waals surface area (Å²) < 4.78 is 13.0. The van der Waals surface area contributed by atoms with Crippen molar-refractivity contribution in [3.05, 3.63) is 70.5 Å². The van der Waals surface area contributed by atoms with Gasteiger partial charge in [-0.3, -0.25) is 0 Å². The molecule has 0 spiro atoms. The van der Waals surface area contributed by atoms with Gasteiger partial charge in [0, 0.05) is 5.02 Å². The van der Waals surface area contributed by atoms with E-state index in [4.69, 9.17) is 11.6 Å². The van der Waals surface area contributed by atoms with Crippen LogP contribution in [-0.2, 0) is 5.60 Å². The number of hydrogen-bond acceptors (Lipinski definition) is 2. The fourth-order valence-corrected chi connectivity index (χ4v) is 3.15. The van der Waals surface area contributed by atoms with E-state index in [1.54, 1.807) is 29.2 Å². The minimum absolute atomic E-state index is 0.121. The van der Waals surface area contributed by atoms with Gasteiger partial charge < -0.3 is 15.3 Å². The van der Waals surface area contributed by atoms with E-state index in [2.05, 4.69) is 5.32 Å². The number of β-amino-alcohol motifs (C(OH)–C–C–N with tert-alkyl or cyclic N) is 1. The number of amides is 2. The molecule has 1 aliphatic rings. The quantitative estimate of drug-likeness (QED) is 0.868. The average Bonchev–Trinajstić information content (AvgIpc) is 2.58. The summed E-state index contributed by atoms with van der Waals surface area (Å²) in [5.41, 5.74) is 0.477. The van der Waals surface area contributed by atoms with Crippen molar-refractivity contribution in [2.24, 2.45) is 0 Å². The molecule has 2 aromatic carbocycles. The van der Waals surface area contributed by atoms with E-state index in [1.165, 1.54) is 12.1 Å². The van der Waals surface area contributed by atoms with Crippen molar-refractivity contribution >= 4 is 17.6 Å². The summed E-state index contributed by atoms with van der Waals surface area (Å²) >= 11 is 5.90. The summed E-state index contributed by atoms with van der Waals surface area (Å²) in [5.74, 6) is -0.352. The van der Waals surface area contributed by atoms with Gasteiger partial charge in [0.15, 0.2) is 0 Å². The Kier molecular flexibility index (Phi) is 4.97. The molecular formula is C19H20ClFN2O2. The van der Waals surface area contributed by atoms with E-state index in [1.807, 2.05) is 19.1 Å². The van der Waals surface area contributed by atoms with Gasteiger partial charge in [-0.15, -0.1) is 0 Å². The van der Waals surface area contributed by atoms with Gasteiger partial charge >= 0.3 is 6.03 Å². The number of nitrogens with one attached hydrogen (secondary N) is 1. The van der Waals surface area contributed by atoms with Crippen molar-refractivity contribution in [1.29, 1.82) is 0 Å². The topological polar surface area (TPSA) is 52.6 Å². The first kappa shape index (κ1) is 17.7. The third kappa shape index (κ3) is 3.78. The first-order valence-electron chi connectivity index (χ1n) is 8.20. The normalized spacial score (nSPS) is 16.9. The van der Waals surface area contributed by atoms with Crippen LogP contribution in [0.1, 0.15) is 30.5 Å². The van der Waals surface area contributed by atoms with E-state index in [-0.39, 0.29) is 31.0 Å². The van der Waals surface area contributed by atoms with Crippen molar-refractivity contribution in [3.8, 4) is 0 Å². The minimum Gasteiger partial charge on any atom is -0.381 e. The molecule has 2 aromatic rings. The molecule has 4 nitrogen and oxygen atoms in total. The van der Waals surface area contributed by atoms with Crippen LogP contribution in [-0.4, -0.2) is 29.1 Å². The molecule has 3 rings (SSSR count). The van der Waals surface area contributed by atoms with Gasteiger partial charge in [0.05, 0.1) is 19.1 Å². The van der Waals surface area contributed by atoms with Crippen LogP contribution >= 0.6 is 11.6 Å². The van der Waals surface area contributed by atoms with Crippen molar-refractivity contribution < 1.29 is 14.3 Å². The van der Waals surface area contributed by atoms with E-state index >= 15 is 0 Å². The molecule has 0 saturated carbocycles. The second kappa shape index (κ2) is 7.02. The first-order valence-corrected chi connectivity index (χ1v) is 8.58. The van der Waals surface area contributed by atoms with Gasteiger partial charge in [0.1, 0.15) is 11.4 Å². The number of halogens is 2. The number of likely N-dealkylation sites (tertiary alicyclic amines) is 1. The Labute approximate surface area is 151 Å². The maximum absolute atomic E-state index is 13.0. The lowest BCUT2D eigenvalue weighted by molar-refractivity contribution is -0.0820. The molecule has 0 unspecified atom stereocenters. The summed E-state index contributed by atoms with van der Waals surface area (Å²) in [4.78, 5) is 14.0. The Hall–Kier alpha value is -2.11. The van der Waals surface area contributed by atoms with Crippen LogP contribution in [0.15, 0.2) is 48.5 Å². The molecule has 1 aliphatic heterocycles. The van der Waals surface area contributed by atoms with Crippen molar-refractivity contribution in [2.45, 2.75) is 25.0 Å². The third-order valence-electron chi connectivity index (χ3n) is 4.55. The smallest absolute Gasteiger partial charge is 0.318 e. The molecule has 1 heterocycles. The predicted octanol–water partition coefficient (Wildman–Crippen LogP) is 3.84. The highest BCUT2D eigenvalue weighted by Gasteiger charge is 2.45. The lowest BCUT2D eigenvalue weighted by Gasteiger charge is -2.47. The molecule has 1 atom stereocenters. The van der Waals surface area contributed by atoms with Crippen molar-refractivity contribution in [1.82, 2.24) is 10.2 Å². The Bertz CT molecular complexity index is 743. The molecule has 0 aromatic heterocycles. The van der Waals surface area contributed by atoms with Crippen LogP contribution in [0.2, 0.25) is 5.02 Å². The van der Waals surface area contributed by atoms with Crippen LogP contribution in [0.25, 0.3) is 0 Å². The van der Waals surface area contributed by atoms with Crippen LogP contribution in [0.5, 0.6) is 0 Å². The Morgan fingerprint density at radius 2 is 1.84 bits per heavy atom. The molecule has 6 heteroatoms. The number of hydrogen-bond donors (Lipinski definition) is 2. The molecule has 1 fully saturated rings. The van der Waals surface area contributed by atoms with Crippen molar-refractivity contribution in [3.63, 3.8) is 0 Å². The van der Waals surface area contributed by atoms with Gasteiger partial charge in [-0.2, -0.15) is 0 Å². The van der Waals surface area contributed by atoms with Gasteiger partial charge in [-0.05, 0) is 41.8 Å². The second-order valence-corrected chi connectivity index (χ2v) is 6.79. The number of nitrogens with zero attached hydrogens (tertiary/aromatic N) is 1. The average molecular weight is 363 g/mol. The molecule has 2 amide bonds. The maximum Gasteiger partial charge on any atom is 0.318 e. The van der Waals surface area contributed by atoms with E-state index in [0.717, 1.165) is 12.0 Å². The molecule has 132 valence electrons. The largest absolute Gasteiger partial charge is 0.381 e.